The number of ether oxygens (including phenoxy) is 2. The summed E-state index contributed by atoms with van der Waals surface area (Å²) in [5.74, 6) is 1.20. The van der Waals surface area contributed by atoms with Gasteiger partial charge in [-0.3, -0.25) is 9.59 Å². The summed E-state index contributed by atoms with van der Waals surface area (Å²) in [5, 5.41) is 4.78. The van der Waals surface area contributed by atoms with Crippen LogP contribution in [0.4, 0.5) is 5.69 Å². The summed E-state index contributed by atoms with van der Waals surface area (Å²) in [4.78, 5) is 26.8. The van der Waals surface area contributed by atoms with Crippen LogP contribution in [0.15, 0.2) is 35.7 Å². The van der Waals surface area contributed by atoms with Gasteiger partial charge in [-0.15, -0.1) is 11.3 Å². The second-order valence-electron chi connectivity index (χ2n) is 5.68. The fourth-order valence-electron chi connectivity index (χ4n) is 2.92. The first-order chi connectivity index (χ1) is 11.7. The highest BCUT2D eigenvalue weighted by molar-refractivity contribution is 7.12. The molecule has 4 rings (SSSR count). The number of fused-ring (bicyclic) bond motifs is 1. The Kier molecular flexibility index (Phi) is 3.86. The highest BCUT2D eigenvalue weighted by Crippen LogP contribution is 2.35. The first kappa shape index (κ1) is 15.0. The minimum absolute atomic E-state index is 0.0110. The molecule has 6 nitrogen and oxygen atoms in total. The topological polar surface area (TPSA) is 67.9 Å². The lowest BCUT2D eigenvalue weighted by atomic mass is 10.2. The second kappa shape index (κ2) is 6.16. The third-order valence-electron chi connectivity index (χ3n) is 4.04. The maximum Gasteiger partial charge on any atom is 0.261 e. The van der Waals surface area contributed by atoms with Crippen LogP contribution in [0.5, 0.6) is 11.5 Å². The molecule has 1 N–H and O–H groups in total. The minimum atomic E-state index is -0.194. The van der Waals surface area contributed by atoms with E-state index in [0.717, 1.165) is 5.69 Å². The van der Waals surface area contributed by atoms with Crippen molar-refractivity contribution in [2.24, 2.45) is 0 Å². The fourth-order valence-corrected chi connectivity index (χ4v) is 3.54. The van der Waals surface area contributed by atoms with Gasteiger partial charge in [0, 0.05) is 24.7 Å². The first-order valence-electron chi connectivity index (χ1n) is 7.75. The van der Waals surface area contributed by atoms with Gasteiger partial charge in [-0.05, 0) is 23.6 Å². The van der Waals surface area contributed by atoms with E-state index in [9.17, 15) is 9.59 Å². The molecule has 1 aromatic heterocycles. The normalized spacial score (nSPS) is 19.4. The van der Waals surface area contributed by atoms with Crippen LogP contribution in [-0.2, 0) is 4.79 Å². The van der Waals surface area contributed by atoms with Gasteiger partial charge in [0.05, 0.1) is 10.9 Å². The lowest BCUT2D eigenvalue weighted by Crippen LogP contribution is -2.36. The van der Waals surface area contributed by atoms with Crippen LogP contribution in [0, 0.1) is 0 Å². The van der Waals surface area contributed by atoms with Crippen molar-refractivity contribution in [3.8, 4) is 11.5 Å². The Morgan fingerprint density at radius 2 is 2.04 bits per heavy atom. The molecule has 2 aliphatic rings. The largest absolute Gasteiger partial charge is 0.486 e. The van der Waals surface area contributed by atoms with Gasteiger partial charge >= 0.3 is 0 Å². The number of carbonyl (C=O) groups is 2. The molecule has 7 heteroatoms. The van der Waals surface area contributed by atoms with E-state index in [4.69, 9.17) is 9.47 Å². The van der Waals surface area contributed by atoms with Gasteiger partial charge in [0.25, 0.3) is 5.91 Å². The van der Waals surface area contributed by atoms with Crippen molar-refractivity contribution in [2.75, 3.05) is 24.7 Å². The molecule has 1 fully saturated rings. The predicted molar refractivity (Wildman–Crippen MR) is 90.0 cm³/mol. The Bertz CT molecular complexity index is 775. The molecule has 0 aliphatic carbocycles. The van der Waals surface area contributed by atoms with Gasteiger partial charge < -0.3 is 19.7 Å². The number of anilines is 1. The van der Waals surface area contributed by atoms with Crippen LogP contribution in [-0.4, -0.2) is 37.6 Å². The third-order valence-corrected chi connectivity index (χ3v) is 4.91. The number of amides is 2. The van der Waals surface area contributed by atoms with Crippen molar-refractivity contribution in [1.82, 2.24) is 5.32 Å². The first-order valence-corrected chi connectivity index (χ1v) is 8.63. The highest BCUT2D eigenvalue weighted by atomic mass is 32.1. The van der Waals surface area contributed by atoms with E-state index in [-0.39, 0.29) is 17.9 Å². The van der Waals surface area contributed by atoms with Crippen LogP contribution in [0.25, 0.3) is 0 Å². The quantitative estimate of drug-likeness (QED) is 0.925. The summed E-state index contributed by atoms with van der Waals surface area (Å²) in [6.45, 7) is 1.49. The van der Waals surface area contributed by atoms with Gasteiger partial charge in [-0.25, -0.2) is 0 Å². The summed E-state index contributed by atoms with van der Waals surface area (Å²) in [7, 11) is 0. The Labute approximate surface area is 143 Å². The molecular formula is C17H16N2O4S. The predicted octanol–water partition coefficient (Wildman–Crippen LogP) is 2.05. The van der Waals surface area contributed by atoms with Crippen LogP contribution in [0.3, 0.4) is 0 Å². The van der Waals surface area contributed by atoms with Gasteiger partial charge in [-0.2, -0.15) is 0 Å². The second-order valence-corrected chi connectivity index (χ2v) is 6.63. The van der Waals surface area contributed by atoms with E-state index < -0.39 is 0 Å². The van der Waals surface area contributed by atoms with Crippen LogP contribution in [0.2, 0.25) is 0 Å². The average molecular weight is 344 g/mol. The molecule has 0 saturated carbocycles. The Morgan fingerprint density at radius 1 is 1.21 bits per heavy atom. The molecular weight excluding hydrogens is 328 g/mol. The van der Waals surface area contributed by atoms with Crippen LogP contribution < -0.4 is 19.7 Å². The van der Waals surface area contributed by atoms with Crippen LogP contribution in [0.1, 0.15) is 16.1 Å². The SMILES string of the molecule is O=C(N[C@H]1CC(=O)N(c2ccc3c(c2)OCCO3)C1)c1cccs1. The summed E-state index contributed by atoms with van der Waals surface area (Å²) in [6, 6.07) is 8.88. The zero-order valence-corrected chi connectivity index (χ0v) is 13.7. The fraction of sp³-hybridized carbons (Fsp3) is 0.294. The van der Waals surface area contributed by atoms with Crippen LogP contribution >= 0.6 is 11.3 Å². The molecule has 2 aromatic rings. The number of hydrogen-bond donors (Lipinski definition) is 1. The molecule has 0 bridgehead atoms. The van der Waals surface area contributed by atoms with Crippen molar-refractivity contribution >= 4 is 28.8 Å². The average Bonchev–Trinajstić information content (AvgIpc) is 3.24. The minimum Gasteiger partial charge on any atom is -0.486 e. The van der Waals surface area contributed by atoms with Gasteiger partial charge in [0.1, 0.15) is 13.2 Å². The Balaban J connectivity index is 1.47. The molecule has 1 aromatic carbocycles. The zero-order chi connectivity index (χ0) is 16.5. The summed E-state index contributed by atoms with van der Waals surface area (Å²) in [6.07, 6.45) is 0.297. The molecule has 2 aliphatic heterocycles. The summed E-state index contributed by atoms with van der Waals surface area (Å²) >= 11 is 1.39. The third kappa shape index (κ3) is 2.82. The van der Waals surface area contributed by atoms with E-state index in [1.54, 1.807) is 11.0 Å². The summed E-state index contributed by atoms with van der Waals surface area (Å²) < 4.78 is 11.1. The number of thiophene rings is 1. The maximum atomic E-state index is 12.3. The number of nitrogens with zero attached hydrogens (tertiary/aromatic N) is 1. The molecule has 0 spiro atoms. The summed E-state index contributed by atoms with van der Waals surface area (Å²) in [5.41, 5.74) is 0.761. The zero-order valence-electron chi connectivity index (χ0n) is 12.9. The van der Waals surface area contributed by atoms with E-state index in [1.165, 1.54) is 11.3 Å². The monoisotopic (exact) mass is 344 g/mol. The van der Waals surface area contributed by atoms with Gasteiger partial charge in [0.15, 0.2) is 11.5 Å². The van der Waals surface area contributed by atoms with Gasteiger partial charge in [-0.1, -0.05) is 6.07 Å². The Morgan fingerprint density at radius 3 is 2.83 bits per heavy atom. The molecule has 1 saturated heterocycles. The van der Waals surface area contributed by atoms with Gasteiger partial charge in [0.2, 0.25) is 5.91 Å². The number of nitrogens with one attached hydrogen (secondary N) is 1. The number of carbonyl (C=O) groups excluding carboxylic acids is 2. The molecule has 24 heavy (non-hydrogen) atoms. The molecule has 0 radical (unpaired) electrons. The molecule has 3 heterocycles. The lowest BCUT2D eigenvalue weighted by molar-refractivity contribution is -0.117. The molecule has 2 amide bonds. The molecule has 124 valence electrons. The highest BCUT2D eigenvalue weighted by Gasteiger charge is 2.32. The number of benzene rings is 1. The van der Waals surface area contributed by atoms with Crippen molar-refractivity contribution in [3.05, 3.63) is 40.6 Å². The smallest absolute Gasteiger partial charge is 0.261 e. The van der Waals surface area contributed by atoms with Crippen molar-refractivity contribution in [1.29, 1.82) is 0 Å². The van der Waals surface area contributed by atoms with E-state index >= 15 is 0 Å². The lowest BCUT2D eigenvalue weighted by Gasteiger charge is -2.22. The van der Waals surface area contributed by atoms with Crippen molar-refractivity contribution in [2.45, 2.75) is 12.5 Å². The van der Waals surface area contributed by atoms with Crippen molar-refractivity contribution in [3.63, 3.8) is 0 Å². The van der Waals surface area contributed by atoms with E-state index in [0.29, 0.717) is 42.6 Å². The van der Waals surface area contributed by atoms with Crippen molar-refractivity contribution < 1.29 is 19.1 Å². The van der Waals surface area contributed by atoms with E-state index in [1.807, 2.05) is 29.6 Å². The molecule has 0 unspecified atom stereocenters. The number of hydrogen-bond acceptors (Lipinski definition) is 5. The Hall–Kier alpha value is -2.54. The maximum absolute atomic E-state index is 12.3. The van der Waals surface area contributed by atoms with E-state index in [2.05, 4.69) is 5.32 Å². The number of rotatable bonds is 3. The molecule has 1 atom stereocenters. The standard InChI is InChI=1S/C17H16N2O4S/c20-16-8-11(18-17(21)15-2-1-7-24-15)10-19(16)12-3-4-13-14(9-12)23-6-5-22-13/h1-4,7,9,11H,5-6,8,10H2,(H,18,21)/t11-/m0/s1.